The van der Waals surface area contributed by atoms with Crippen LogP contribution >= 0.6 is 0 Å². The van der Waals surface area contributed by atoms with Crippen molar-refractivity contribution in [2.24, 2.45) is 11.1 Å². The maximum atomic E-state index is 11.4. The van der Waals surface area contributed by atoms with Crippen LogP contribution < -0.4 is 16.4 Å². The van der Waals surface area contributed by atoms with Gasteiger partial charge in [0, 0.05) is 19.0 Å². The second-order valence-electron chi connectivity index (χ2n) is 4.91. The molecule has 0 rings (SSSR count). The molecule has 0 aliphatic heterocycles. The minimum Gasteiger partial charge on any atom is -0.355 e. The molecule has 0 aliphatic rings. The number of rotatable bonds is 5. The summed E-state index contributed by atoms with van der Waals surface area (Å²) in [6.45, 7) is 8.35. The van der Waals surface area contributed by atoms with Crippen LogP contribution in [0.25, 0.3) is 0 Å². The van der Waals surface area contributed by atoms with Gasteiger partial charge in [-0.05, 0) is 12.3 Å². The van der Waals surface area contributed by atoms with E-state index in [4.69, 9.17) is 5.73 Å². The highest BCUT2D eigenvalue weighted by Gasteiger charge is 2.23. The minimum atomic E-state index is -0.207. The first kappa shape index (κ1) is 14.9. The molecule has 0 heterocycles. The Morgan fingerprint density at radius 2 is 1.75 bits per heavy atom. The lowest BCUT2D eigenvalue weighted by Gasteiger charge is -2.26. The quantitative estimate of drug-likeness (QED) is 0.620. The molecule has 4 N–H and O–H groups in total. The third kappa shape index (κ3) is 6.40. The zero-order chi connectivity index (χ0) is 12.8. The zero-order valence-electron chi connectivity index (χ0n) is 10.6. The van der Waals surface area contributed by atoms with Crippen molar-refractivity contribution in [3.05, 3.63) is 0 Å². The number of likely N-dealkylation sites (N-methyl/N-ethyl adjacent to an activating group) is 1. The number of carbonyl (C=O) groups excluding carboxylic acids is 2. The van der Waals surface area contributed by atoms with E-state index in [1.165, 1.54) is 0 Å². The number of hydrogen-bond donors (Lipinski definition) is 3. The van der Waals surface area contributed by atoms with Crippen molar-refractivity contribution in [1.29, 1.82) is 0 Å². The second kappa shape index (κ2) is 6.48. The molecule has 0 radical (unpaired) electrons. The molecule has 16 heavy (non-hydrogen) atoms. The Morgan fingerprint density at radius 1 is 1.19 bits per heavy atom. The van der Waals surface area contributed by atoms with Gasteiger partial charge in [-0.25, -0.2) is 0 Å². The van der Waals surface area contributed by atoms with E-state index in [-0.39, 0.29) is 36.2 Å². The maximum absolute atomic E-state index is 11.4. The van der Waals surface area contributed by atoms with Gasteiger partial charge in [0.25, 0.3) is 0 Å². The summed E-state index contributed by atoms with van der Waals surface area (Å²) in [7, 11) is 0. The summed E-state index contributed by atoms with van der Waals surface area (Å²) in [4.78, 5) is 22.5. The molecule has 0 aromatic carbocycles. The Kier molecular flexibility index (Phi) is 6.03. The predicted octanol–water partition coefficient (Wildman–Crippen LogP) is 0.00220. The topological polar surface area (TPSA) is 84.2 Å². The zero-order valence-corrected chi connectivity index (χ0v) is 10.6. The molecule has 0 aromatic rings. The van der Waals surface area contributed by atoms with Crippen molar-refractivity contribution in [2.75, 3.05) is 13.1 Å². The summed E-state index contributed by atoms with van der Waals surface area (Å²) in [6, 6.07) is -0.207. The van der Waals surface area contributed by atoms with Crippen LogP contribution in [0.15, 0.2) is 0 Å². The number of carbonyl (C=O) groups is 2. The molecule has 5 heteroatoms. The SMILES string of the molecule is CCNC(=O)CNC(=O)CC(N)C(C)(C)C. The van der Waals surface area contributed by atoms with Crippen LogP contribution in [-0.4, -0.2) is 30.9 Å². The standard InChI is InChI=1S/C11H23N3O2/c1-5-13-10(16)7-14-9(15)6-8(12)11(2,3)4/h8H,5-7,12H2,1-4H3,(H,13,16)(H,14,15). The predicted molar refractivity (Wildman–Crippen MR) is 63.7 cm³/mol. The first-order valence-corrected chi connectivity index (χ1v) is 5.56. The van der Waals surface area contributed by atoms with Gasteiger partial charge in [-0.1, -0.05) is 20.8 Å². The molecule has 2 amide bonds. The van der Waals surface area contributed by atoms with Gasteiger partial charge < -0.3 is 16.4 Å². The third-order valence-electron chi connectivity index (χ3n) is 2.34. The van der Waals surface area contributed by atoms with E-state index in [1.54, 1.807) is 0 Å². The van der Waals surface area contributed by atoms with E-state index >= 15 is 0 Å². The van der Waals surface area contributed by atoms with Gasteiger partial charge in [0.2, 0.25) is 11.8 Å². The average Bonchev–Trinajstić information content (AvgIpc) is 2.13. The van der Waals surface area contributed by atoms with E-state index in [9.17, 15) is 9.59 Å². The van der Waals surface area contributed by atoms with Crippen LogP contribution in [0, 0.1) is 5.41 Å². The Bertz CT molecular complexity index is 246. The smallest absolute Gasteiger partial charge is 0.239 e. The van der Waals surface area contributed by atoms with Gasteiger partial charge in [-0.2, -0.15) is 0 Å². The molecular weight excluding hydrogens is 206 g/mol. The highest BCUT2D eigenvalue weighted by atomic mass is 16.2. The second-order valence-corrected chi connectivity index (χ2v) is 4.91. The van der Waals surface area contributed by atoms with Crippen LogP contribution in [0.2, 0.25) is 0 Å². The molecule has 94 valence electrons. The molecule has 0 bridgehead atoms. The van der Waals surface area contributed by atoms with E-state index in [0.29, 0.717) is 6.54 Å². The minimum absolute atomic E-state index is 0.0174. The number of nitrogens with two attached hydrogens (primary N) is 1. The normalized spacial score (nSPS) is 13.1. The van der Waals surface area contributed by atoms with Crippen molar-refractivity contribution in [3.8, 4) is 0 Å². The summed E-state index contributed by atoms with van der Waals surface area (Å²) in [5.41, 5.74) is 5.75. The molecule has 0 aromatic heterocycles. The van der Waals surface area contributed by atoms with Crippen LogP contribution in [0.1, 0.15) is 34.1 Å². The Labute approximate surface area is 97.2 Å². The molecule has 1 unspecified atom stereocenters. The van der Waals surface area contributed by atoms with Crippen molar-refractivity contribution in [3.63, 3.8) is 0 Å². The van der Waals surface area contributed by atoms with Gasteiger partial charge in [-0.15, -0.1) is 0 Å². The Morgan fingerprint density at radius 3 is 2.19 bits per heavy atom. The van der Waals surface area contributed by atoms with Gasteiger partial charge in [0.1, 0.15) is 0 Å². The van der Waals surface area contributed by atoms with Crippen LogP contribution in [0.4, 0.5) is 0 Å². The third-order valence-corrected chi connectivity index (χ3v) is 2.34. The number of nitrogens with one attached hydrogen (secondary N) is 2. The molecule has 0 aliphatic carbocycles. The Hall–Kier alpha value is -1.10. The number of hydrogen-bond acceptors (Lipinski definition) is 3. The van der Waals surface area contributed by atoms with E-state index < -0.39 is 0 Å². The fourth-order valence-electron chi connectivity index (χ4n) is 1.02. The van der Waals surface area contributed by atoms with E-state index in [0.717, 1.165) is 0 Å². The summed E-state index contributed by atoms with van der Waals surface area (Å²) in [6.07, 6.45) is 0.239. The van der Waals surface area contributed by atoms with E-state index in [2.05, 4.69) is 10.6 Å². The van der Waals surface area contributed by atoms with Crippen LogP contribution in [0.5, 0.6) is 0 Å². The monoisotopic (exact) mass is 229 g/mol. The molecule has 5 nitrogen and oxygen atoms in total. The van der Waals surface area contributed by atoms with Crippen molar-refractivity contribution in [2.45, 2.75) is 40.2 Å². The lowest BCUT2D eigenvalue weighted by atomic mass is 9.85. The highest BCUT2D eigenvalue weighted by molar-refractivity contribution is 5.84. The summed E-state index contributed by atoms with van der Waals surface area (Å²) in [5, 5.41) is 5.14. The molecule has 0 spiro atoms. The van der Waals surface area contributed by atoms with Crippen LogP contribution in [-0.2, 0) is 9.59 Å². The largest absolute Gasteiger partial charge is 0.355 e. The summed E-state index contributed by atoms with van der Waals surface area (Å²) >= 11 is 0. The highest BCUT2D eigenvalue weighted by Crippen LogP contribution is 2.19. The fourth-order valence-corrected chi connectivity index (χ4v) is 1.02. The van der Waals surface area contributed by atoms with Gasteiger partial charge in [0.15, 0.2) is 0 Å². The number of amides is 2. The molecular formula is C11H23N3O2. The lowest BCUT2D eigenvalue weighted by molar-refractivity contribution is -0.126. The van der Waals surface area contributed by atoms with E-state index in [1.807, 2.05) is 27.7 Å². The van der Waals surface area contributed by atoms with Crippen molar-refractivity contribution in [1.82, 2.24) is 10.6 Å². The fraction of sp³-hybridized carbons (Fsp3) is 0.818. The molecule has 0 saturated heterocycles. The molecule has 0 fully saturated rings. The molecule has 1 atom stereocenters. The molecule has 0 saturated carbocycles. The van der Waals surface area contributed by atoms with Gasteiger partial charge in [0.05, 0.1) is 6.54 Å². The average molecular weight is 229 g/mol. The van der Waals surface area contributed by atoms with Crippen LogP contribution in [0.3, 0.4) is 0 Å². The lowest BCUT2D eigenvalue weighted by Crippen LogP contribution is -2.42. The maximum Gasteiger partial charge on any atom is 0.239 e. The summed E-state index contributed by atoms with van der Waals surface area (Å²) < 4.78 is 0. The van der Waals surface area contributed by atoms with Crippen molar-refractivity contribution < 1.29 is 9.59 Å². The van der Waals surface area contributed by atoms with Gasteiger partial charge in [-0.3, -0.25) is 9.59 Å². The summed E-state index contributed by atoms with van der Waals surface area (Å²) in [5.74, 6) is -0.367. The van der Waals surface area contributed by atoms with Gasteiger partial charge >= 0.3 is 0 Å². The first-order chi connectivity index (χ1) is 7.27. The Balaban J connectivity index is 3.88. The van der Waals surface area contributed by atoms with Crippen molar-refractivity contribution >= 4 is 11.8 Å². The first-order valence-electron chi connectivity index (χ1n) is 5.56.